The van der Waals surface area contributed by atoms with Crippen LogP contribution in [0.15, 0.2) is 47.4 Å². The minimum absolute atomic E-state index is 0.000565. The van der Waals surface area contributed by atoms with E-state index in [0.29, 0.717) is 36.8 Å². The molecule has 35 heavy (non-hydrogen) atoms. The zero-order valence-corrected chi connectivity index (χ0v) is 19.2. The first-order valence-electron chi connectivity index (χ1n) is 10.7. The van der Waals surface area contributed by atoms with Crippen molar-refractivity contribution < 1.29 is 41.4 Å². The summed E-state index contributed by atoms with van der Waals surface area (Å²) in [6, 6.07) is 7.47. The van der Waals surface area contributed by atoms with Gasteiger partial charge in [0.1, 0.15) is 30.0 Å². The molecule has 2 heterocycles. The molecule has 11 nitrogen and oxygen atoms in total. The van der Waals surface area contributed by atoms with Gasteiger partial charge in [0.05, 0.1) is 0 Å². The molecule has 1 saturated heterocycles. The van der Waals surface area contributed by atoms with Gasteiger partial charge in [-0.25, -0.2) is 17.6 Å². The van der Waals surface area contributed by atoms with E-state index in [4.69, 9.17) is 14.2 Å². The summed E-state index contributed by atoms with van der Waals surface area (Å²) in [4.78, 5) is 36.1. The van der Waals surface area contributed by atoms with Crippen LogP contribution in [0.3, 0.4) is 0 Å². The van der Waals surface area contributed by atoms with E-state index in [1.54, 1.807) is 12.1 Å². The number of rotatable bonds is 6. The number of hydrogen-bond donors (Lipinski definition) is 2. The third kappa shape index (κ3) is 5.52. The maximum atomic E-state index is 14.1. The van der Waals surface area contributed by atoms with Gasteiger partial charge in [0.25, 0.3) is 5.91 Å². The van der Waals surface area contributed by atoms with Crippen LogP contribution in [0.2, 0.25) is 0 Å². The molecule has 2 aliphatic heterocycles. The van der Waals surface area contributed by atoms with Crippen molar-refractivity contribution in [3.8, 4) is 11.5 Å². The normalized spacial score (nSPS) is 17.5. The highest BCUT2D eigenvalue weighted by Crippen LogP contribution is 2.32. The number of halogens is 1. The van der Waals surface area contributed by atoms with Gasteiger partial charge in [-0.3, -0.25) is 14.9 Å². The fourth-order valence-corrected chi connectivity index (χ4v) is 5.44. The van der Waals surface area contributed by atoms with Crippen LogP contribution in [0.1, 0.15) is 12.8 Å². The van der Waals surface area contributed by atoms with Crippen molar-refractivity contribution in [2.24, 2.45) is 0 Å². The van der Waals surface area contributed by atoms with Crippen LogP contribution < -0.4 is 20.1 Å². The second-order valence-electron chi connectivity index (χ2n) is 7.67. The smallest absolute Gasteiger partial charge is 0.325 e. The van der Waals surface area contributed by atoms with E-state index in [-0.39, 0.29) is 13.0 Å². The Labute approximate surface area is 200 Å². The molecule has 186 valence electrons. The van der Waals surface area contributed by atoms with Crippen LogP contribution in [0.5, 0.6) is 11.5 Å². The van der Waals surface area contributed by atoms with Gasteiger partial charge < -0.3 is 19.5 Å². The van der Waals surface area contributed by atoms with E-state index >= 15 is 0 Å². The molecular formula is C22H22FN3O8S. The molecule has 1 atom stereocenters. The Morgan fingerprint density at radius 3 is 2.60 bits per heavy atom. The Morgan fingerprint density at radius 2 is 1.83 bits per heavy atom. The average Bonchev–Trinajstić information content (AvgIpc) is 3.34. The number of nitrogens with zero attached hydrogens (tertiary/aromatic N) is 1. The van der Waals surface area contributed by atoms with E-state index in [1.165, 1.54) is 18.2 Å². The van der Waals surface area contributed by atoms with Crippen molar-refractivity contribution in [3.63, 3.8) is 0 Å². The number of urea groups is 1. The highest BCUT2D eigenvalue weighted by molar-refractivity contribution is 7.89. The Bertz CT molecular complexity index is 1250. The average molecular weight is 507 g/mol. The van der Waals surface area contributed by atoms with Gasteiger partial charge in [-0.1, -0.05) is 12.1 Å². The zero-order valence-electron chi connectivity index (χ0n) is 18.4. The zero-order chi connectivity index (χ0) is 25.0. The van der Waals surface area contributed by atoms with Crippen LogP contribution >= 0.6 is 0 Å². The molecule has 4 rings (SSSR count). The summed E-state index contributed by atoms with van der Waals surface area (Å²) in [5.41, 5.74) is 0.344. The Kier molecular flexibility index (Phi) is 7.17. The molecule has 0 saturated carbocycles. The highest BCUT2D eigenvalue weighted by atomic mass is 32.2. The standard InChI is InChI=1S/C22H22FN3O8S/c23-15-4-1-2-6-19(15)35(30,31)26-9-3-5-16(26)21(28)34-13-20(27)25-22(29)24-14-7-8-17-18(12-14)33-11-10-32-17/h1-2,4,6-8,12,16H,3,5,9-11,13H2,(H2,24,25,27,29)/t16-/m0/s1. The van der Waals surface area contributed by atoms with Gasteiger partial charge in [0, 0.05) is 18.3 Å². The third-order valence-electron chi connectivity index (χ3n) is 5.30. The number of esters is 1. The number of fused-ring (bicyclic) bond motifs is 1. The summed E-state index contributed by atoms with van der Waals surface area (Å²) in [7, 11) is -4.29. The Morgan fingerprint density at radius 1 is 1.09 bits per heavy atom. The molecule has 3 amide bonds. The second kappa shape index (κ2) is 10.3. The molecule has 0 bridgehead atoms. The van der Waals surface area contributed by atoms with E-state index in [0.717, 1.165) is 16.4 Å². The van der Waals surface area contributed by atoms with Crippen molar-refractivity contribution >= 4 is 33.6 Å². The molecule has 2 N–H and O–H groups in total. The molecule has 2 aromatic rings. The van der Waals surface area contributed by atoms with Crippen molar-refractivity contribution in [2.75, 3.05) is 31.7 Å². The fraction of sp³-hybridized carbons (Fsp3) is 0.318. The number of carbonyl (C=O) groups excluding carboxylic acids is 3. The van der Waals surface area contributed by atoms with Crippen LogP contribution in [-0.4, -0.2) is 63.0 Å². The lowest BCUT2D eigenvalue weighted by molar-refractivity contribution is -0.151. The number of anilines is 1. The van der Waals surface area contributed by atoms with Gasteiger partial charge in [0.15, 0.2) is 18.1 Å². The molecule has 0 radical (unpaired) electrons. The van der Waals surface area contributed by atoms with Crippen LogP contribution in [0.4, 0.5) is 14.9 Å². The minimum atomic E-state index is -4.29. The Hall–Kier alpha value is -3.71. The predicted octanol–water partition coefficient (Wildman–Crippen LogP) is 1.64. The van der Waals surface area contributed by atoms with Crippen molar-refractivity contribution in [1.82, 2.24) is 9.62 Å². The summed E-state index contributed by atoms with van der Waals surface area (Å²) in [6.07, 6.45) is 0.510. The number of ether oxygens (including phenoxy) is 3. The summed E-state index contributed by atoms with van der Waals surface area (Å²) in [6.45, 7) is -0.0221. The molecule has 0 spiro atoms. The lowest BCUT2D eigenvalue weighted by Gasteiger charge is -2.22. The quantitative estimate of drug-likeness (QED) is 0.563. The van der Waals surface area contributed by atoms with E-state index in [1.807, 2.05) is 5.32 Å². The maximum absolute atomic E-state index is 14.1. The molecule has 0 aromatic heterocycles. The van der Waals surface area contributed by atoms with Gasteiger partial charge >= 0.3 is 12.0 Å². The number of hydrogen-bond acceptors (Lipinski definition) is 8. The summed E-state index contributed by atoms with van der Waals surface area (Å²) < 4.78 is 56.4. The van der Waals surface area contributed by atoms with Crippen LogP contribution in [-0.2, 0) is 24.3 Å². The van der Waals surface area contributed by atoms with E-state index in [2.05, 4.69) is 5.32 Å². The first-order chi connectivity index (χ1) is 16.8. The van der Waals surface area contributed by atoms with Crippen molar-refractivity contribution in [1.29, 1.82) is 0 Å². The largest absolute Gasteiger partial charge is 0.486 e. The van der Waals surface area contributed by atoms with E-state index < -0.39 is 51.3 Å². The molecule has 0 unspecified atom stereocenters. The second-order valence-corrected chi connectivity index (χ2v) is 9.53. The topological polar surface area (TPSA) is 140 Å². The number of imide groups is 1. The Balaban J connectivity index is 1.30. The molecule has 2 aromatic carbocycles. The number of benzene rings is 2. The minimum Gasteiger partial charge on any atom is -0.486 e. The van der Waals surface area contributed by atoms with Crippen LogP contribution in [0.25, 0.3) is 0 Å². The molecule has 13 heteroatoms. The summed E-state index contributed by atoms with van der Waals surface area (Å²) in [5.74, 6) is -1.85. The predicted molar refractivity (Wildman–Crippen MR) is 119 cm³/mol. The van der Waals surface area contributed by atoms with Crippen molar-refractivity contribution in [3.05, 3.63) is 48.3 Å². The monoisotopic (exact) mass is 507 g/mol. The first-order valence-corrected chi connectivity index (χ1v) is 12.1. The van der Waals surface area contributed by atoms with Crippen LogP contribution in [0, 0.1) is 5.82 Å². The van der Waals surface area contributed by atoms with Gasteiger partial charge in [-0.15, -0.1) is 0 Å². The third-order valence-corrected chi connectivity index (χ3v) is 7.24. The summed E-state index contributed by atoms with van der Waals surface area (Å²) in [5, 5.41) is 4.46. The fourth-order valence-electron chi connectivity index (χ4n) is 3.72. The summed E-state index contributed by atoms with van der Waals surface area (Å²) >= 11 is 0. The molecule has 0 aliphatic carbocycles. The lowest BCUT2D eigenvalue weighted by Crippen LogP contribution is -2.43. The van der Waals surface area contributed by atoms with E-state index in [9.17, 15) is 27.2 Å². The van der Waals surface area contributed by atoms with Crippen molar-refractivity contribution in [2.45, 2.75) is 23.8 Å². The number of amides is 3. The lowest BCUT2D eigenvalue weighted by atomic mass is 10.2. The first kappa shape index (κ1) is 24.4. The molecule has 2 aliphatic rings. The number of sulfonamides is 1. The SMILES string of the molecule is O=C(COC(=O)[C@@H]1CCCN1S(=O)(=O)c1ccccc1F)NC(=O)Nc1ccc2c(c1)OCCO2. The van der Waals surface area contributed by atoms with Gasteiger partial charge in [-0.2, -0.15) is 4.31 Å². The number of carbonyl (C=O) groups is 3. The molecule has 1 fully saturated rings. The molecular weight excluding hydrogens is 485 g/mol. The van der Waals surface area contributed by atoms with Gasteiger partial charge in [0.2, 0.25) is 10.0 Å². The number of nitrogens with one attached hydrogen (secondary N) is 2. The maximum Gasteiger partial charge on any atom is 0.325 e. The highest BCUT2D eigenvalue weighted by Gasteiger charge is 2.41. The van der Waals surface area contributed by atoms with Gasteiger partial charge in [-0.05, 0) is 37.1 Å².